The highest BCUT2D eigenvalue weighted by atomic mass is 16.2. The lowest BCUT2D eigenvalue weighted by Crippen LogP contribution is -2.45. The largest absolute Gasteiger partial charge is 0.353 e. The molecule has 0 saturated carbocycles. The van der Waals surface area contributed by atoms with Gasteiger partial charge in [-0.05, 0) is 31.5 Å². The van der Waals surface area contributed by atoms with Gasteiger partial charge >= 0.3 is 0 Å². The van der Waals surface area contributed by atoms with Gasteiger partial charge in [-0.3, -0.25) is 4.79 Å². The first kappa shape index (κ1) is 13.1. The van der Waals surface area contributed by atoms with Crippen molar-refractivity contribution in [1.82, 2.24) is 15.2 Å². The van der Waals surface area contributed by atoms with Crippen LogP contribution in [0.5, 0.6) is 0 Å². The van der Waals surface area contributed by atoms with Gasteiger partial charge in [0.05, 0.1) is 6.04 Å². The quantitative estimate of drug-likeness (QED) is 0.850. The normalized spacial score (nSPS) is 21.0. The maximum atomic E-state index is 12.0. The van der Waals surface area contributed by atoms with Crippen molar-refractivity contribution >= 4 is 5.91 Å². The Morgan fingerprint density at radius 2 is 2.00 bits per heavy atom. The molecule has 0 spiro atoms. The van der Waals surface area contributed by atoms with Crippen molar-refractivity contribution in [1.29, 1.82) is 0 Å². The third kappa shape index (κ3) is 4.18. The van der Waals surface area contributed by atoms with E-state index in [0.717, 1.165) is 25.9 Å². The summed E-state index contributed by atoms with van der Waals surface area (Å²) >= 11 is 0. The molecule has 1 saturated heterocycles. The van der Waals surface area contributed by atoms with E-state index in [-0.39, 0.29) is 11.9 Å². The lowest BCUT2D eigenvalue weighted by atomic mass is 10.0. The summed E-state index contributed by atoms with van der Waals surface area (Å²) in [6, 6.07) is 4.01. The monoisotopic (exact) mass is 249 g/mol. The highest BCUT2D eigenvalue weighted by Crippen LogP contribution is 2.09. The van der Waals surface area contributed by atoms with Gasteiger partial charge in [0.15, 0.2) is 0 Å². The van der Waals surface area contributed by atoms with Crippen LogP contribution in [0.25, 0.3) is 0 Å². The van der Waals surface area contributed by atoms with Gasteiger partial charge in [0.1, 0.15) is 0 Å². The number of aromatic nitrogens is 1. The zero-order chi connectivity index (χ0) is 12.6. The van der Waals surface area contributed by atoms with Crippen LogP contribution in [0.1, 0.15) is 32.1 Å². The summed E-state index contributed by atoms with van der Waals surface area (Å²) in [5, 5.41) is 6.36. The number of amides is 1. The Morgan fingerprint density at radius 3 is 2.83 bits per heavy atom. The van der Waals surface area contributed by atoms with Crippen LogP contribution < -0.4 is 10.6 Å². The molecule has 4 heteroatoms. The van der Waals surface area contributed by atoms with Gasteiger partial charge in [-0.25, -0.2) is 0 Å². The summed E-state index contributed by atoms with van der Waals surface area (Å²) in [6.07, 6.45) is 9.88. The van der Waals surface area contributed by atoms with E-state index in [1.807, 2.05) is 24.5 Å². The molecule has 0 aliphatic carbocycles. The molecule has 0 aromatic carbocycles. The Labute approximate surface area is 109 Å². The van der Waals surface area contributed by atoms with Crippen molar-refractivity contribution in [2.45, 2.75) is 44.7 Å². The molecule has 1 fully saturated rings. The summed E-state index contributed by atoms with van der Waals surface area (Å²) < 4.78 is 2.08. The Kier molecular flexibility index (Phi) is 5.27. The molecule has 100 valence electrons. The first-order chi connectivity index (χ1) is 8.86. The first-order valence-electron chi connectivity index (χ1n) is 6.98. The van der Waals surface area contributed by atoms with Crippen molar-refractivity contribution in [2.75, 3.05) is 13.1 Å². The van der Waals surface area contributed by atoms with E-state index in [4.69, 9.17) is 0 Å². The number of hydrogen-bond acceptors (Lipinski definition) is 2. The number of nitrogens with one attached hydrogen (secondary N) is 2. The topological polar surface area (TPSA) is 46.1 Å². The van der Waals surface area contributed by atoms with E-state index >= 15 is 0 Å². The number of nitrogens with zero attached hydrogens (tertiary/aromatic N) is 1. The van der Waals surface area contributed by atoms with Gasteiger partial charge in [0.25, 0.3) is 0 Å². The van der Waals surface area contributed by atoms with Crippen LogP contribution in [0, 0.1) is 0 Å². The van der Waals surface area contributed by atoms with Crippen molar-refractivity contribution in [3.8, 4) is 0 Å². The predicted molar refractivity (Wildman–Crippen MR) is 72.3 cm³/mol. The van der Waals surface area contributed by atoms with E-state index in [9.17, 15) is 4.79 Å². The number of carbonyl (C=O) groups excluding carboxylic acids is 1. The zero-order valence-corrected chi connectivity index (χ0v) is 10.9. The summed E-state index contributed by atoms with van der Waals surface area (Å²) in [6.45, 7) is 2.51. The van der Waals surface area contributed by atoms with Crippen LogP contribution in [-0.4, -0.2) is 29.6 Å². The van der Waals surface area contributed by atoms with Gasteiger partial charge in [0, 0.05) is 25.5 Å². The molecule has 1 aromatic heterocycles. The molecule has 1 unspecified atom stereocenters. The smallest absolute Gasteiger partial charge is 0.237 e. The fraction of sp³-hybridized carbons (Fsp3) is 0.643. The molecule has 1 aliphatic heterocycles. The molecular weight excluding hydrogens is 226 g/mol. The fourth-order valence-electron chi connectivity index (χ4n) is 2.38. The average Bonchev–Trinajstić information content (AvgIpc) is 2.81. The molecule has 4 nitrogen and oxygen atoms in total. The second kappa shape index (κ2) is 7.21. The van der Waals surface area contributed by atoms with E-state index in [2.05, 4.69) is 15.2 Å². The lowest BCUT2D eigenvalue weighted by molar-refractivity contribution is -0.123. The molecule has 18 heavy (non-hydrogen) atoms. The molecule has 2 heterocycles. The van der Waals surface area contributed by atoms with Gasteiger partial charge in [0.2, 0.25) is 5.91 Å². The van der Waals surface area contributed by atoms with Crippen LogP contribution in [0.2, 0.25) is 0 Å². The summed E-state index contributed by atoms with van der Waals surface area (Å²) in [5.74, 6) is 0.157. The number of rotatable bonds is 4. The molecule has 0 bridgehead atoms. The molecule has 1 aliphatic rings. The van der Waals surface area contributed by atoms with Crippen molar-refractivity contribution < 1.29 is 4.79 Å². The third-order valence-electron chi connectivity index (χ3n) is 3.46. The molecule has 1 atom stereocenters. The van der Waals surface area contributed by atoms with Gasteiger partial charge in [-0.2, -0.15) is 0 Å². The summed E-state index contributed by atoms with van der Waals surface area (Å²) in [5.41, 5.74) is 0. The van der Waals surface area contributed by atoms with Crippen molar-refractivity contribution in [2.24, 2.45) is 0 Å². The Balaban J connectivity index is 1.69. The predicted octanol–water partition coefficient (Wildman–Crippen LogP) is 1.53. The minimum Gasteiger partial charge on any atom is -0.353 e. The molecule has 1 aromatic rings. The van der Waals surface area contributed by atoms with E-state index < -0.39 is 0 Å². The van der Waals surface area contributed by atoms with Gasteiger partial charge in [-0.1, -0.05) is 19.3 Å². The lowest BCUT2D eigenvalue weighted by Gasteiger charge is -2.20. The summed E-state index contributed by atoms with van der Waals surface area (Å²) in [4.78, 5) is 12.0. The highest BCUT2D eigenvalue weighted by molar-refractivity contribution is 5.81. The second-order valence-corrected chi connectivity index (χ2v) is 4.92. The van der Waals surface area contributed by atoms with Crippen molar-refractivity contribution in [3.05, 3.63) is 24.5 Å². The third-order valence-corrected chi connectivity index (χ3v) is 3.46. The Morgan fingerprint density at radius 1 is 1.22 bits per heavy atom. The molecule has 2 N–H and O–H groups in total. The van der Waals surface area contributed by atoms with Crippen LogP contribution in [0.3, 0.4) is 0 Å². The minimum absolute atomic E-state index is 0.00922. The van der Waals surface area contributed by atoms with Crippen LogP contribution >= 0.6 is 0 Å². The van der Waals surface area contributed by atoms with Crippen LogP contribution in [-0.2, 0) is 11.3 Å². The first-order valence-corrected chi connectivity index (χ1v) is 6.98. The zero-order valence-electron chi connectivity index (χ0n) is 10.9. The molecule has 1 amide bonds. The van der Waals surface area contributed by atoms with Crippen LogP contribution in [0.15, 0.2) is 24.5 Å². The Hall–Kier alpha value is -1.29. The van der Waals surface area contributed by atoms with Crippen molar-refractivity contribution in [3.63, 3.8) is 0 Å². The van der Waals surface area contributed by atoms with E-state index in [1.54, 1.807) is 0 Å². The van der Waals surface area contributed by atoms with Gasteiger partial charge < -0.3 is 15.2 Å². The minimum atomic E-state index is 0.00922. The highest BCUT2D eigenvalue weighted by Gasteiger charge is 2.17. The molecule has 2 rings (SSSR count). The number of carbonyl (C=O) groups is 1. The number of hydrogen-bond donors (Lipinski definition) is 2. The maximum absolute atomic E-state index is 12.0. The standard InChI is InChI=1S/C14H23N3O/c18-14(13-7-3-1-2-4-8-15-13)16-9-12-17-10-5-6-11-17/h5-6,10-11,13,15H,1-4,7-9,12H2,(H,16,18). The summed E-state index contributed by atoms with van der Waals surface area (Å²) in [7, 11) is 0. The van der Waals surface area contributed by atoms with Crippen LogP contribution in [0.4, 0.5) is 0 Å². The van der Waals surface area contributed by atoms with E-state index in [0.29, 0.717) is 6.54 Å². The van der Waals surface area contributed by atoms with E-state index in [1.165, 1.54) is 19.3 Å². The fourth-order valence-corrected chi connectivity index (χ4v) is 2.38. The SMILES string of the molecule is O=C(NCCn1cccc1)C1CCCCCCN1. The molecule has 0 radical (unpaired) electrons. The second-order valence-electron chi connectivity index (χ2n) is 4.92. The van der Waals surface area contributed by atoms with Gasteiger partial charge in [-0.15, -0.1) is 0 Å². The molecular formula is C14H23N3O. The maximum Gasteiger partial charge on any atom is 0.237 e. The Bertz CT molecular complexity index is 340. The average molecular weight is 249 g/mol.